The van der Waals surface area contributed by atoms with Crippen LogP contribution >= 0.6 is 0 Å². The maximum Gasteiger partial charge on any atom is 0.147 e. The molecule has 0 aliphatic rings. The smallest absolute Gasteiger partial charge is 0.147 e. The Kier molecular flexibility index (Phi) is 3.79. The molecule has 0 saturated heterocycles. The number of fused-ring (bicyclic) bond motifs is 1. The van der Waals surface area contributed by atoms with Gasteiger partial charge in [0.25, 0.3) is 0 Å². The standard InChI is InChI=1S/C14H19FN2/c1-3-8-17(2)9-7-11-10-16-14-12(11)5-4-6-13(14)15/h4-6,10,16H,3,7-9H2,1-2H3. The van der Waals surface area contributed by atoms with Crippen LogP contribution < -0.4 is 0 Å². The molecule has 0 bridgehead atoms. The normalized spacial score (nSPS) is 11.5. The van der Waals surface area contributed by atoms with Crippen molar-refractivity contribution >= 4 is 10.9 Å². The zero-order valence-corrected chi connectivity index (χ0v) is 10.5. The first-order valence-corrected chi connectivity index (χ1v) is 6.15. The van der Waals surface area contributed by atoms with Gasteiger partial charge in [-0.15, -0.1) is 0 Å². The molecule has 92 valence electrons. The largest absolute Gasteiger partial charge is 0.359 e. The summed E-state index contributed by atoms with van der Waals surface area (Å²) in [5.41, 5.74) is 1.82. The third-order valence-corrected chi connectivity index (χ3v) is 3.12. The number of hydrogen-bond acceptors (Lipinski definition) is 1. The molecule has 0 spiro atoms. The van der Waals surface area contributed by atoms with E-state index in [0.29, 0.717) is 5.52 Å². The Hall–Kier alpha value is -1.35. The van der Waals surface area contributed by atoms with Crippen LogP contribution in [-0.4, -0.2) is 30.0 Å². The number of para-hydroxylation sites is 1. The summed E-state index contributed by atoms with van der Waals surface area (Å²) in [6.45, 7) is 4.30. The van der Waals surface area contributed by atoms with Gasteiger partial charge in [-0.2, -0.15) is 0 Å². The Morgan fingerprint density at radius 3 is 2.88 bits per heavy atom. The van der Waals surface area contributed by atoms with Crippen molar-refractivity contribution in [3.8, 4) is 0 Å². The van der Waals surface area contributed by atoms with Crippen LogP contribution in [0.1, 0.15) is 18.9 Å². The molecule has 0 fully saturated rings. The van der Waals surface area contributed by atoms with E-state index in [4.69, 9.17) is 0 Å². The Bertz CT molecular complexity index is 490. The zero-order chi connectivity index (χ0) is 12.3. The Labute approximate surface area is 101 Å². The minimum atomic E-state index is -0.171. The molecule has 0 aliphatic carbocycles. The van der Waals surface area contributed by atoms with E-state index in [-0.39, 0.29) is 5.82 Å². The van der Waals surface area contributed by atoms with Gasteiger partial charge in [-0.1, -0.05) is 19.1 Å². The second-order valence-electron chi connectivity index (χ2n) is 4.53. The first-order chi connectivity index (χ1) is 8.22. The molecule has 0 unspecified atom stereocenters. The van der Waals surface area contributed by atoms with Gasteiger partial charge in [0.1, 0.15) is 5.82 Å². The minimum Gasteiger partial charge on any atom is -0.359 e. The van der Waals surface area contributed by atoms with Gasteiger partial charge in [0.15, 0.2) is 0 Å². The lowest BCUT2D eigenvalue weighted by molar-refractivity contribution is 0.339. The number of H-pyrrole nitrogens is 1. The van der Waals surface area contributed by atoms with Crippen LogP contribution in [0.2, 0.25) is 0 Å². The van der Waals surface area contributed by atoms with Gasteiger partial charge >= 0.3 is 0 Å². The monoisotopic (exact) mass is 234 g/mol. The molecular formula is C14H19FN2. The van der Waals surface area contributed by atoms with Crippen LogP contribution in [-0.2, 0) is 6.42 Å². The van der Waals surface area contributed by atoms with Gasteiger partial charge < -0.3 is 9.88 Å². The topological polar surface area (TPSA) is 19.0 Å². The van der Waals surface area contributed by atoms with Gasteiger partial charge in [-0.05, 0) is 38.1 Å². The number of nitrogens with zero attached hydrogens (tertiary/aromatic N) is 1. The van der Waals surface area contributed by atoms with E-state index in [1.807, 2.05) is 12.3 Å². The van der Waals surface area contributed by atoms with E-state index in [9.17, 15) is 4.39 Å². The van der Waals surface area contributed by atoms with Crippen molar-refractivity contribution in [1.29, 1.82) is 0 Å². The number of aromatic amines is 1. The van der Waals surface area contributed by atoms with Gasteiger partial charge in [0, 0.05) is 18.1 Å². The molecule has 2 nitrogen and oxygen atoms in total. The van der Waals surface area contributed by atoms with E-state index >= 15 is 0 Å². The van der Waals surface area contributed by atoms with Crippen LogP contribution in [0.15, 0.2) is 24.4 Å². The molecule has 1 aromatic heterocycles. The summed E-state index contributed by atoms with van der Waals surface area (Å²) in [5.74, 6) is -0.171. The van der Waals surface area contributed by atoms with Crippen LogP contribution in [0.4, 0.5) is 4.39 Å². The zero-order valence-electron chi connectivity index (χ0n) is 10.5. The highest BCUT2D eigenvalue weighted by Gasteiger charge is 2.07. The number of benzene rings is 1. The van der Waals surface area contributed by atoms with E-state index in [2.05, 4.69) is 23.9 Å². The number of likely N-dealkylation sites (N-methyl/N-ethyl adjacent to an activating group) is 1. The SMILES string of the molecule is CCCN(C)CCc1c[nH]c2c(F)cccc12. The van der Waals surface area contributed by atoms with Crippen molar-refractivity contribution in [3.05, 3.63) is 35.8 Å². The molecule has 0 radical (unpaired) electrons. The van der Waals surface area contributed by atoms with Crippen LogP contribution in [0, 0.1) is 5.82 Å². The van der Waals surface area contributed by atoms with Crippen molar-refractivity contribution in [1.82, 2.24) is 9.88 Å². The third-order valence-electron chi connectivity index (χ3n) is 3.12. The Balaban J connectivity index is 2.12. The summed E-state index contributed by atoms with van der Waals surface area (Å²) in [5, 5.41) is 1.01. The number of rotatable bonds is 5. The van der Waals surface area contributed by atoms with Crippen LogP contribution in [0.3, 0.4) is 0 Å². The maximum absolute atomic E-state index is 13.5. The van der Waals surface area contributed by atoms with Crippen molar-refractivity contribution in [3.63, 3.8) is 0 Å². The van der Waals surface area contributed by atoms with Crippen LogP contribution in [0.5, 0.6) is 0 Å². The summed E-state index contributed by atoms with van der Waals surface area (Å²) < 4.78 is 13.5. The highest BCUT2D eigenvalue weighted by atomic mass is 19.1. The highest BCUT2D eigenvalue weighted by molar-refractivity contribution is 5.83. The molecule has 1 N–H and O–H groups in total. The molecule has 0 saturated carbocycles. The molecule has 1 heterocycles. The van der Waals surface area contributed by atoms with E-state index in [0.717, 1.165) is 24.9 Å². The quantitative estimate of drug-likeness (QED) is 0.841. The summed E-state index contributed by atoms with van der Waals surface area (Å²) in [6, 6.07) is 5.24. The summed E-state index contributed by atoms with van der Waals surface area (Å²) in [7, 11) is 2.12. The van der Waals surface area contributed by atoms with Crippen LogP contribution in [0.25, 0.3) is 10.9 Å². The average molecular weight is 234 g/mol. The molecule has 0 aliphatic heterocycles. The van der Waals surface area contributed by atoms with Crippen molar-refractivity contribution in [2.24, 2.45) is 0 Å². The third kappa shape index (κ3) is 2.67. The molecule has 3 heteroatoms. The first-order valence-electron chi connectivity index (χ1n) is 6.15. The van der Waals surface area contributed by atoms with Crippen molar-refractivity contribution < 1.29 is 4.39 Å². The molecule has 2 rings (SSSR count). The van der Waals surface area contributed by atoms with Gasteiger partial charge in [0.05, 0.1) is 5.52 Å². The van der Waals surface area contributed by atoms with Gasteiger partial charge in [0.2, 0.25) is 0 Å². The van der Waals surface area contributed by atoms with Gasteiger partial charge in [-0.3, -0.25) is 0 Å². The van der Waals surface area contributed by atoms with E-state index in [1.165, 1.54) is 18.1 Å². The summed E-state index contributed by atoms with van der Waals surface area (Å²) in [6.07, 6.45) is 4.05. The predicted molar refractivity (Wildman–Crippen MR) is 69.7 cm³/mol. The fourth-order valence-corrected chi connectivity index (χ4v) is 2.19. The number of halogens is 1. The second kappa shape index (κ2) is 5.32. The number of hydrogen-bond donors (Lipinski definition) is 1. The van der Waals surface area contributed by atoms with E-state index in [1.54, 1.807) is 6.07 Å². The fourth-order valence-electron chi connectivity index (χ4n) is 2.19. The predicted octanol–water partition coefficient (Wildman–Crippen LogP) is 3.19. The molecule has 1 aromatic carbocycles. The Morgan fingerprint density at radius 1 is 1.29 bits per heavy atom. The summed E-state index contributed by atoms with van der Waals surface area (Å²) >= 11 is 0. The molecule has 2 aromatic rings. The summed E-state index contributed by atoms with van der Waals surface area (Å²) in [4.78, 5) is 5.32. The first kappa shape index (κ1) is 12.1. The van der Waals surface area contributed by atoms with E-state index < -0.39 is 0 Å². The lowest BCUT2D eigenvalue weighted by Crippen LogP contribution is -2.21. The van der Waals surface area contributed by atoms with Gasteiger partial charge in [-0.25, -0.2) is 4.39 Å². The molecule has 0 atom stereocenters. The molecular weight excluding hydrogens is 215 g/mol. The number of aromatic nitrogens is 1. The Morgan fingerprint density at radius 2 is 2.12 bits per heavy atom. The maximum atomic E-state index is 13.5. The lowest BCUT2D eigenvalue weighted by atomic mass is 10.1. The minimum absolute atomic E-state index is 0.171. The fraction of sp³-hybridized carbons (Fsp3) is 0.429. The second-order valence-corrected chi connectivity index (χ2v) is 4.53. The average Bonchev–Trinajstić information content (AvgIpc) is 2.72. The lowest BCUT2D eigenvalue weighted by Gasteiger charge is -2.14. The van der Waals surface area contributed by atoms with Crippen molar-refractivity contribution in [2.75, 3.05) is 20.1 Å². The number of nitrogens with one attached hydrogen (secondary N) is 1. The highest BCUT2D eigenvalue weighted by Crippen LogP contribution is 2.21. The molecule has 0 amide bonds. The molecule has 17 heavy (non-hydrogen) atoms. The van der Waals surface area contributed by atoms with Crippen molar-refractivity contribution in [2.45, 2.75) is 19.8 Å².